The minimum atomic E-state index is -0.914. The number of nitrogens with zero attached hydrogens (tertiary/aromatic N) is 1. The number of benzene rings is 2. The summed E-state index contributed by atoms with van der Waals surface area (Å²) < 4.78 is 5.44. The van der Waals surface area contributed by atoms with E-state index in [1.54, 1.807) is 25.7 Å². The zero-order valence-corrected chi connectivity index (χ0v) is 24.9. The van der Waals surface area contributed by atoms with Crippen molar-refractivity contribution >= 4 is 23.6 Å². The van der Waals surface area contributed by atoms with E-state index >= 15 is 0 Å². The number of ether oxygens (including phenoxy) is 1. The largest absolute Gasteiger partial charge is 0.444 e. The number of nitrogens with one attached hydrogen (secondary N) is 2. The fourth-order valence-corrected chi connectivity index (χ4v) is 4.48. The summed E-state index contributed by atoms with van der Waals surface area (Å²) in [5.41, 5.74) is 4.61. The molecule has 0 aromatic heterocycles. The fraction of sp³-hybridized carbons (Fsp3) is 0.516. The van der Waals surface area contributed by atoms with Gasteiger partial charge in [0.1, 0.15) is 17.7 Å². The highest BCUT2D eigenvalue weighted by molar-refractivity contribution is 6.00. The van der Waals surface area contributed by atoms with Crippen molar-refractivity contribution in [3.05, 3.63) is 64.2 Å². The van der Waals surface area contributed by atoms with E-state index in [-0.39, 0.29) is 23.8 Å². The third kappa shape index (κ3) is 7.59. The Morgan fingerprint density at radius 1 is 0.842 bits per heavy atom. The van der Waals surface area contributed by atoms with Gasteiger partial charge in [0.05, 0.1) is 0 Å². The van der Waals surface area contributed by atoms with Crippen LogP contribution in [-0.2, 0) is 14.3 Å². The predicted molar refractivity (Wildman–Crippen MR) is 153 cm³/mol. The van der Waals surface area contributed by atoms with Crippen LogP contribution in [0.4, 0.5) is 10.5 Å². The summed E-state index contributed by atoms with van der Waals surface area (Å²) in [5.74, 6) is -0.890. The number of carbonyl (C=O) groups excluding carboxylic acids is 3. The molecular formula is C31H45N3O4. The van der Waals surface area contributed by atoms with Crippen molar-refractivity contribution in [1.82, 2.24) is 10.2 Å². The normalized spacial score (nSPS) is 13.2. The Bertz CT molecular complexity index is 1140. The van der Waals surface area contributed by atoms with Gasteiger partial charge in [-0.05, 0) is 96.0 Å². The zero-order chi connectivity index (χ0) is 28.9. The Balaban J connectivity index is 2.62. The Labute approximate surface area is 228 Å². The molecule has 0 bridgehead atoms. The summed E-state index contributed by atoms with van der Waals surface area (Å²) in [6, 6.07) is 9.49. The second-order valence-electron chi connectivity index (χ2n) is 11.7. The van der Waals surface area contributed by atoms with Crippen molar-refractivity contribution < 1.29 is 19.1 Å². The van der Waals surface area contributed by atoms with Gasteiger partial charge in [0.15, 0.2) is 0 Å². The maximum absolute atomic E-state index is 14.2. The number of para-hydroxylation sites is 1. The van der Waals surface area contributed by atoms with Gasteiger partial charge in [-0.1, -0.05) is 50.2 Å². The highest BCUT2D eigenvalue weighted by Gasteiger charge is 2.39. The van der Waals surface area contributed by atoms with Crippen LogP contribution >= 0.6 is 0 Å². The van der Waals surface area contributed by atoms with Crippen LogP contribution in [0.25, 0.3) is 0 Å². The lowest BCUT2D eigenvalue weighted by Gasteiger charge is -2.38. The highest BCUT2D eigenvalue weighted by Crippen LogP contribution is 2.31. The lowest BCUT2D eigenvalue weighted by Crippen LogP contribution is -2.56. The molecule has 7 heteroatoms. The molecule has 0 aliphatic carbocycles. The molecule has 0 heterocycles. The lowest BCUT2D eigenvalue weighted by molar-refractivity contribution is -0.143. The summed E-state index contributed by atoms with van der Waals surface area (Å²) >= 11 is 0. The minimum Gasteiger partial charge on any atom is -0.444 e. The molecule has 2 aromatic rings. The summed E-state index contributed by atoms with van der Waals surface area (Å²) in [7, 11) is 0. The average Bonchev–Trinajstić information content (AvgIpc) is 2.78. The van der Waals surface area contributed by atoms with Gasteiger partial charge in [-0.3, -0.25) is 9.59 Å². The quantitative estimate of drug-likeness (QED) is 0.420. The molecule has 208 valence electrons. The number of rotatable bonds is 8. The molecule has 0 radical (unpaired) electrons. The second-order valence-corrected chi connectivity index (χ2v) is 11.7. The number of amides is 3. The molecule has 2 unspecified atom stereocenters. The number of hydrogen-bond donors (Lipinski definition) is 2. The first-order valence-corrected chi connectivity index (χ1v) is 13.3. The average molecular weight is 524 g/mol. The van der Waals surface area contributed by atoms with Gasteiger partial charge < -0.3 is 20.3 Å². The van der Waals surface area contributed by atoms with Crippen LogP contribution in [0.15, 0.2) is 36.4 Å². The molecule has 38 heavy (non-hydrogen) atoms. The highest BCUT2D eigenvalue weighted by atomic mass is 16.6. The Morgan fingerprint density at radius 3 is 1.87 bits per heavy atom. The van der Waals surface area contributed by atoms with E-state index in [0.717, 1.165) is 33.5 Å². The van der Waals surface area contributed by atoms with Gasteiger partial charge in [-0.2, -0.15) is 0 Å². The maximum atomic E-state index is 14.2. The molecule has 0 aliphatic rings. The number of carbonyl (C=O) groups is 3. The number of alkyl carbamates (subject to hydrolysis) is 1. The molecule has 0 aliphatic heterocycles. The van der Waals surface area contributed by atoms with Gasteiger partial charge in [0.25, 0.3) is 5.91 Å². The first kappa shape index (κ1) is 30.9. The maximum Gasteiger partial charge on any atom is 0.408 e. The van der Waals surface area contributed by atoms with Crippen molar-refractivity contribution in [2.75, 3.05) is 5.32 Å². The van der Waals surface area contributed by atoms with Crippen molar-refractivity contribution in [3.8, 4) is 0 Å². The summed E-state index contributed by atoms with van der Waals surface area (Å²) in [5, 5.41) is 5.87. The Morgan fingerprint density at radius 2 is 1.37 bits per heavy atom. The first-order valence-electron chi connectivity index (χ1n) is 13.3. The fourth-order valence-electron chi connectivity index (χ4n) is 4.48. The minimum absolute atomic E-state index is 0.239. The van der Waals surface area contributed by atoms with Gasteiger partial charge >= 0.3 is 6.09 Å². The van der Waals surface area contributed by atoms with E-state index in [1.165, 1.54) is 0 Å². The van der Waals surface area contributed by atoms with Crippen molar-refractivity contribution in [2.24, 2.45) is 5.92 Å². The molecule has 0 saturated carbocycles. The molecule has 7 nitrogen and oxygen atoms in total. The molecule has 3 amide bonds. The molecule has 0 fully saturated rings. The lowest BCUT2D eigenvalue weighted by atomic mass is 9.93. The van der Waals surface area contributed by atoms with Gasteiger partial charge in [-0.15, -0.1) is 0 Å². The predicted octanol–water partition coefficient (Wildman–Crippen LogP) is 6.39. The molecular weight excluding hydrogens is 478 g/mol. The van der Waals surface area contributed by atoms with E-state index in [2.05, 4.69) is 10.6 Å². The smallest absolute Gasteiger partial charge is 0.408 e. The van der Waals surface area contributed by atoms with Crippen molar-refractivity contribution in [2.45, 2.75) is 99.9 Å². The van der Waals surface area contributed by atoms with Crippen molar-refractivity contribution in [3.63, 3.8) is 0 Å². The molecule has 2 N–H and O–H groups in total. The van der Waals surface area contributed by atoms with Crippen LogP contribution in [0.5, 0.6) is 0 Å². The van der Waals surface area contributed by atoms with Crippen LogP contribution in [0.2, 0.25) is 0 Å². The second kappa shape index (κ2) is 12.5. The van der Waals surface area contributed by atoms with Gasteiger partial charge in [-0.25, -0.2) is 4.79 Å². The summed E-state index contributed by atoms with van der Waals surface area (Å²) in [4.78, 5) is 42.6. The Hall–Kier alpha value is -3.35. The van der Waals surface area contributed by atoms with Crippen LogP contribution in [0, 0.1) is 33.6 Å². The molecule has 0 spiro atoms. The number of anilines is 1. The standard InChI is InChI=1S/C31H45N3O4/c1-18(2)25(33-30(37)38-31(9,10)11)29(36)34(19(3)4)27(24-17-13-14-20(5)23(24)8)28(35)32-26-21(6)15-12-16-22(26)7/h12-19,25,27H,1-11H3,(H,32,35)(H,33,37). The third-order valence-corrected chi connectivity index (χ3v) is 6.61. The number of aryl methyl sites for hydroxylation is 3. The van der Waals surface area contributed by atoms with E-state index in [9.17, 15) is 14.4 Å². The molecule has 2 atom stereocenters. The summed E-state index contributed by atoms with van der Waals surface area (Å²) in [6.45, 7) is 20.6. The Kier molecular flexibility index (Phi) is 10.1. The van der Waals surface area contributed by atoms with E-state index in [4.69, 9.17) is 4.74 Å². The SMILES string of the molecule is Cc1cccc(C(C(=O)Nc2c(C)cccc2C)N(C(=O)C(NC(=O)OC(C)(C)C)C(C)C)C(C)C)c1C. The summed E-state index contributed by atoms with van der Waals surface area (Å²) in [6.07, 6.45) is -0.670. The van der Waals surface area contributed by atoms with E-state index in [0.29, 0.717) is 0 Å². The van der Waals surface area contributed by atoms with E-state index < -0.39 is 23.8 Å². The first-order chi connectivity index (χ1) is 17.5. The molecule has 2 aromatic carbocycles. The zero-order valence-electron chi connectivity index (χ0n) is 24.9. The topological polar surface area (TPSA) is 87.7 Å². The molecule has 2 rings (SSSR count). The number of hydrogen-bond acceptors (Lipinski definition) is 4. The van der Waals surface area contributed by atoms with Crippen LogP contribution in [0.3, 0.4) is 0 Å². The van der Waals surface area contributed by atoms with Gasteiger partial charge in [0.2, 0.25) is 5.91 Å². The van der Waals surface area contributed by atoms with Crippen LogP contribution < -0.4 is 10.6 Å². The van der Waals surface area contributed by atoms with Gasteiger partial charge in [0, 0.05) is 11.7 Å². The molecule has 0 saturated heterocycles. The van der Waals surface area contributed by atoms with Crippen molar-refractivity contribution in [1.29, 1.82) is 0 Å². The van der Waals surface area contributed by atoms with Crippen LogP contribution in [-0.4, -0.2) is 40.5 Å². The monoisotopic (exact) mass is 523 g/mol. The van der Waals surface area contributed by atoms with Crippen LogP contribution in [0.1, 0.15) is 82.3 Å². The van der Waals surface area contributed by atoms with E-state index in [1.807, 2.05) is 91.8 Å². The third-order valence-electron chi connectivity index (χ3n) is 6.61.